The minimum atomic E-state index is -0.510. The second-order valence-electron chi connectivity index (χ2n) is 6.40. The van der Waals surface area contributed by atoms with Crippen molar-refractivity contribution in [1.82, 2.24) is 9.80 Å². The average molecular weight is 286 g/mol. The Morgan fingerprint density at radius 3 is 2.20 bits per heavy atom. The number of piperazine rings is 1. The molecule has 1 atom stereocenters. The Kier molecular flexibility index (Phi) is 5.25. The van der Waals surface area contributed by atoms with Gasteiger partial charge in [0, 0.05) is 19.6 Å². The molecule has 1 aliphatic rings. The molecule has 0 bridgehead atoms. The first kappa shape index (κ1) is 16.6. The number of amides is 2. The standard InChI is InChI=1S/C14H26N2O4/c1-10(2)11-9-15(12(17)20-14(3,4)5)7-8-16(11)13(18)19-6/h10-11H,7-9H2,1-6H3/t11-/m1/s1. The van der Waals surface area contributed by atoms with E-state index in [1.807, 2.05) is 34.6 Å². The van der Waals surface area contributed by atoms with E-state index in [9.17, 15) is 9.59 Å². The van der Waals surface area contributed by atoms with Gasteiger partial charge in [-0.25, -0.2) is 9.59 Å². The molecule has 0 spiro atoms. The van der Waals surface area contributed by atoms with Crippen LogP contribution in [0.2, 0.25) is 0 Å². The maximum atomic E-state index is 12.1. The zero-order chi connectivity index (χ0) is 15.5. The van der Waals surface area contributed by atoms with Crippen LogP contribution in [0.15, 0.2) is 0 Å². The van der Waals surface area contributed by atoms with E-state index < -0.39 is 5.60 Å². The van der Waals surface area contributed by atoms with Crippen LogP contribution >= 0.6 is 0 Å². The summed E-state index contributed by atoms with van der Waals surface area (Å²) < 4.78 is 10.2. The number of carbonyl (C=O) groups is 2. The molecule has 116 valence electrons. The Balaban J connectivity index is 2.73. The fourth-order valence-corrected chi connectivity index (χ4v) is 2.22. The summed E-state index contributed by atoms with van der Waals surface area (Å²) in [7, 11) is 1.37. The van der Waals surface area contributed by atoms with Crippen molar-refractivity contribution in [1.29, 1.82) is 0 Å². The third-order valence-corrected chi connectivity index (χ3v) is 3.25. The second-order valence-corrected chi connectivity index (χ2v) is 6.40. The summed E-state index contributed by atoms with van der Waals surface area (Å²) in [6, 6.07) is -0.0521. The third-order valence-electron chi connectivity index (χ3n) is 3.25. The van der Waals surface area contributed by atoms with E-state index in [4.69, 9.17) is 9.47 Å². The first-order chi connectivity index (χ1) is 9.15. The van der Waals surface area contributed by atoms with E-state index >= 15 is 0 Å². The van der Waals surface area contributed by atoms with Gasteiger partial charge in [-0.1, -0.05) is 13.8 Å². The molecular formula is C14H26N2O4. The lowest BCUT2D eigenvalue weighted by Gasteiger charge is -2.42. The van der Waals surface area contributed by atoms with Crippen LogP contribution in [0.3, 0.4) is 0 Å². The Morgan fingerprint density at radius 2 is 1.75 bits per heavy atom. The summed E-state index contributed by atoms with van der Waals surface area (Å²) in [5, 5.41) is 0. The fraction of sp³-hybridized carbons (Fsp3) is 0.857. The monoisotopic (exact) mass is 286 g/mol. The smallest absolute Gasteiger partial charge is 0.410 e. The van der Waals surface area contributed by atoms with E-state index in [2.05, 4.69) is 0 Å². The predicted octanol–water partition coefficient (Wildman–Crippen LogP) is 2.33. The highest BCUT2D eigenvalue weighted by atomic mass is 16.6. The zero-order valence-electron chi connectivity index (χ0n) is 13.3. The van der Waals surface area contributed by atoms with Crippen molar-refractivity contribution in [2.24, 2.45) is 5.92 Å². The maximum absolute atomic E-state index is 12.1. The quantitative estimate of drug-likeness (QED) is 0.742. The molecule has 2 amide bonds. The SMILES string of the molecule is COC(=O)N1CCN(C(=O)OC(C)(C)C)C[C@@H]1C(C)C. The Bertz CT molecular complexity index is 363. The highest BCUT2D eigenvalue weighted by Crippen LogP contribution is 2.20. The first-order valence-corrected chi connectivity index (χ1v) is 6.98. The Morgan fingerprint density at radius 1 is 1.15 bits per heavy atom. The first-order valence-electron chi connectivity index (χ1n) is 6.98. The minimum Gasteiger partial charge on any atom is -0.453 e. The molecule has 0 aromatic carbocycles. The van der Waals surface area contributed by atoms with Gasteiger partial charge in [-0.15, -0.1) is 0 Å². The van der Waals surface area contributed by atoms with Crippen LogP contribution in [0.5, 0.6) is 0 Å². The molecule has 0 saturated carbocycles. The molecule has 1 saturated heterocycles. The van der Waals surface area contributed by atoms with Crippen LogP contribution in [0.4, 0.5) is 9.59 Å². The normalized spacial score (nSPS) is 20.1. The Hall–Kier alpha value is -1.46. The molecule has 6 heteroatoms. The largest absolute Gasteiger partial charge is 0.453 e. The lowest BCUT2D eigenvalue weighted by Crippen LogP contribution is -2.58. The van der Waals surface area contributed by atoms with Crippen molar-refractivity contribution in [3.05, 3.63) is 0 Å². The van der Waals surface area contributed by atoms with Crippen molar-refractivity contribution in [2.75, 3.05) is 26.7 Å². The summed E-state index contributed by atoms with van der Waals surface area (Å²) >= 11 is 0. The van der Waals surface area contributed by atoms with Gasteiger partial charge in [-0.3, -0.25) is 0 Å². The molecule has 20 heavy (non-hydrogen) atoms. The summed E-state index contributed by atoms with van der Waals surface area (Å²) in [6.07, 6.45) is -0.666. The number of rotatable bonds is 1. The number of nitrogens with zero attached hydrogens (tertiary/aromatic N) is 2. The van der Waals surface area contributed by atoms with Gasteiger partial charge in [0.1, 0.15) is 5.60 Å². The number of carbonyl (C=O) groups excluding carboxylic acids is 2. The van der Waals surface area contributed by atoms with E-state index in [-0.39, 0.29) is 24.1 Å². The van der Waals surface area contributed by atoms with Gasteiger partial charge in [-0.2, -0.15) is 0 Å². The molecule has 1 fully saturated rings. The van der Waals surface area contributed by atoms with Gasteiger partial charge >= 0.3 is 12.2 Å². The summed E-state index contributed by atoms with van der Waals surface area (Å²) in [5.41, 5.74) is -0.510. The van der Waals surface area contributed by atoms with Gasteiger partial charge < -0.3 is 19.3 Å². The van der Waals surface area contributed by atoms with Crippen molar-refractivity contribution in [3.63, 3.8) is 0 Å². The number of hydrogen-bond donors (Lipinski definition) is 0. The van der Waals surface area contributed by atoms with Crippen LogP contribution in [-0.2, 0) is 9.47 Å². The summed E-state index contributed by atoms with van der Waals surface area (Å²) in [4.78, 5) is 27.2. The molecule has 0 aromatic rings. The lowest BCUT2D eigenvalue weighted by atomic mass is 10.0. The van der Waals surface area contributed by atoms with Gasteiger partial charge in [0.2, 0.25) is 0 Å². The molecular weight excluding hydrogens is 260 g/mol. The van der Waals surface area contributed by atoms with Crippen molar-refractivity contribution in [3.8, 4) is 0 Å². The highest BCUT2D eigenvalue weighted by Gasteiger charge is 2.36. The maximum Gasteiger partial charge on any atom is 0.410 e. The van der Waals surface area contributed by atoms with Crippen LogP contribution in [0.25, 0.3) is 0 Å². The van der Waals surface area contributed by atoms with E-state index in [0.29, 0.717) is 19.6 Å². The second kappa shape index (κ2) is 6.33. The van der Waals surface area contributed by atoms with Gasteiger partial charge in [-0.05, 0) is 26.7 Å². The topological polar surface area (TPSA) is 59.1 Å². The predicted molar refractivity (Wildman–Crippen MR) is 75.5 cm³/mol. The molecule has 0 aromatic heterocycles. The zero-order valence-corrected chi connectivity index (χ0v) is 13.3. The van der Waals surface area contributed by atoms with Crippen LogP contribution < -0.4 is 0 Å². The summed E-state index contributed by atoms with van der Waals surface area (Å²) in [5.74, 6) is 0.235. The fourth-order valence-electron chi connectivity index (χ4n) is 2.22. The molecule has 1 heterocycles. The van der Waals surface area contributed by atoms with Gasteiger partial charge in [0.15, 0.2) is 0 Å². The van der Waals surface area contributed by atoms with Crippen molar-refractivity contribution in [2.45, 2.75) is 46.3 Å². The third kappa shape index (κ3) is 4.28. The van der Waals surface area contributed by atoms with Crippen molar-refractivity contribution < 1.29 is 19.1 Å². The molecule has 0 radical (unpaired) electrons. The van der Waals surface area contributed by atoms with Crippen molar-refractivity contribution >= 4 is 12.2 Å². The molecule has 0 unspecified atom stereocenters. The lowest BCUT2D eigenvalue weighted by molar-refractivity contribution is -0.00185. The van der Waals surface area contributed by atoms with Gasteiger partial charge in [0.05, 0.1) is 13.2 Å². The summed E-state index contributed by atoms with van der Waals surface area (Å²) in [6.45, 7) is 11.0. The van der Waals surface area contributed by atoms with Crippen LogP contribution in [-0.4, -0.2) is 60.4 Å². The van der Waals surface area contributed by atoms with Crippen LogP contribution in [0.1, 0.15) is 34.6 Å². The number of ether oxygens (including phenoxy) is 2. The number of methoxy groups -OCH3 is 1. The average Bonchev–Trinajstić information content (AvgIpc) is 2.35. The minimum absolute atomic E-state index is 0.0521. The molecule has 1 rings (SSSR count). The van der Waals surface area contributed by atoms with E-state index in [0.717, 1.165) is 0 Å². The van der Waals surface area contributed by atoms with Gasteiger partial charge in [0.25, 0.3) is 0 Å². The van der Waals surface area contributed by atoms with E-state index in [1.165, 1.54) is 7.11 Å². The van der Waals surface area contributed by atoms with Crippen LogP contribution in [0, 0.1) is 5.92 Å². The molecule has 0 aliphatic carbocycles. The number of hydrogen-bond acceptors (Lipinski definition) is 4. The molecule has 1 aliphatic heterocycles. The Labute approximate surface area is 121 Å². The molecule has 6 nitrogen and oxygen atoms in total. The van der Waals surface area contributed by atoms with E-state index in [1.54, 1.807) is 9.80 Å². The highest BCUT2D eigenvalue weighted by molar-refractivity contribution is 5.71. The molecule has 0 N–H and O–H groups in total.